The Hall–Kier alpha value is -1.10. The molecule has 0 aliphatic carbocycles. The van der Waals surface area contributed by atoms with E-state index in [1.165, 1.54) is 11.1 Å². The summed E-state index contributed by atoms with van der Waals surface area (Å²) in [5.74, 6) is 0. The first-order valence-corrected chi connectivity index (χ1v) is 7.78. The van der Waals surface area contributed by atoms with Crippen molar-refractivity contribution in [2.75, 3.05) is 38.3 Å². The molecule has 1 unspecified atom stereocenters. The summed E-state index contributed by atoms with van der Waals surface area (Å²) >= 11 is 0. The Kier molecular flexibility index (Phi) is 9.06. The van der Waals surface area contributed by atoms with E-state index in [1.807, 2.05) is 6.07 Å². The molecule has 0 saturated heterocycles. The lowest BCUT2D eigenvalue weighted by molar-refractivity contribution is 0.00749. The van der Waals surface area contributed by atoms with Gasteiger partial charge in [0, 0.05) is 18.8 Å². The number of anilines is 1. The molecular formula is C17H29NO3. The molecule has 0 amide bonds. The average Bonchev–Trinajstić information content (AvgIpc) is 2.45. The zero-order valence-electron chi connectivity index (χ0n) is 13.5. The third-order valence-electron chi connectivity index (χ3n) is 3.23. The molecule has 0 saturated carbocycles. The van der Waals surface area contributed by atoms with E-state index >= 15 is 0 Å². The number of aliphatic hydroxyl groups is 1. The van der Waals surface area contributed by atoms with Gasteiger partial charge in [0.25, 0.3) is 0 Å². The van der Waals surface area contributed by atoms with E-state index < -0.39 is 6.10 Å². The first-order valence-electron chi connectivity index (χ1n) is 7.78. The molecule has 0 aliphatic heterocycles. The van der Waals surface area contributed by atoms with Crippen LogP contribution in [0.4, 0.5) is 5.69 Å². The van der Waals surface area contributed by atoms with Gasteiger partial charge in [-0.25, -0.2) is 0 Å². The maximum Gasteiger partial charge on any atom is 0.0945 e. The summed E-state index contributed by atoms with van der Waals surface area (Å²) in [5, 5.41) is 13.1. The Labute approximate surface area is 128 Å². The smallest absolute Gasteiger partial charge is 0.0945 e. The summed E-state index contributed by atoms with van der Waals surface area (Å²) in [4.78, 5) is 0. The fraction of sp³-hybridized carbons (Fsp3) is 0.647. The molecule has 4 heteroatoms. The molecule has 0 heterocycles. The van der Waals surface area contributed by atoms with Crippen LogP contribution in [0.2, 0.25) is 0 Å². The van der Waals surface area contributed by atoms with Gasteiger partial charge in [-0.05, 0) is 31.9 Å². The van der Waals surface area contributed by atoms with Crippen molar-refractivity contribution >= 4 is 5.69 Å². The summed E-state index contributed by atoms with van der Waals surface area (Å²) in [7, 11) is 0. The summed E-state index contributed by atoms with van der Waals surface area (Å²) in [6, 6.07) is 6.23. The zero-order valence-corrected chi connectivity index (χ0v) is 13.5. The van der Waals surface area contributed by atoms with Crippen molar-refractivity contribution in [1.82, 2.24) is 0 Å². The van der Waals surface area contributed by atoms with E-state index in [0.717, 1.165) is 25.1 Å². The van der Waals surface area contributed by atoms with Crippen LogP contribution in [-0.4, -0.2) is 44.2 Å². The Morgan fingerprint density at radius 1 is 1.14 bits per heavy atom. The molecule has 0 fully saturated rings. The molecule has 0 aromatic heterocycles. The van der Waals surface area contributed by atoms with Crippen molar-refractivity contribution in [3.05, 3.63) is 29.3 Å². The molecule has 0 aliphatic rings. The van der Waals surface area contributed by atoms with E-state index in [4.69, 9.17) is 9.47 Å². The van der Waals surface area contributed by atoms with Gasteiger partial charge in [-0.15, -0.1) is 0 Å². The lowest BCUT2D eigenvalue weighted by Crippen LogP contribution is -2.26. The second-order valence-corrected chi connectivity index (χ2v) is 5.39. The zero-order chi connectivity index (χ0) is 15.5. The van der Waals surface area contributed by atoms with Gasteiger partial charge in [0.2, 0.25) is 0 Å². The van der Waals surface area contributed by atoms with E-state index in [9.17, 15) is 5.11 Å². The average molecular weight is 295 g/mol. The summed E-state index contributed by atoms with van der Waals surface area (Å²) < 4.78 is 10.8. The van der Waals surface area contributed by atoms with Gasteiger partial charge in [-0.2, -0.15) is 0 Å². The minimum atomic E-state index is -0.513. The number of benzene rings is 1. The van der Waals surface area contributed by atoms with Crippen molar-refractivity contribution in [3.63, 3.8) is 0 Å². The topological polar surface area (TPSA) is 50.7 Å². The van der Waals surface area contributed by atoms with Gasteiger partial charge < -0.3 is 19.9 Å². The summed E-state index contributed by atoms with van der Waals surface area (Å²) in [6.45, 7) is 9.00. The lowest BCUT2D eigenvalue weighted by Gasteiger charge is -2.15. The van der Waals surface area contributed by atoms with Crippen molar-refractivity contribution in [1.29, 1.82) is 0 Å². The number of ether oxygens (including phenoxy) is 2. The molecule has 1 atom stereocenters. The highest BCUT2D eigenvalue weighted by Crippen LogP contribution is 2.15. The number of aliphatic hydroxyl groups excluding tert-OH is 1. The first-order chi connectivity index (χ1) is 10.1. The van der Waals surface area contributed by atoms with Crippen LogP contribution in [0.15, 0.2) is 18.2 Å². The molecule has 1 aromatic carbocycles. The Bertz CT molecular complexity index is 396. The van der Waals surface area contributed by atoms with Gasteiger partial charge in [-0.1, -0.05) is 31.0 Å². The maximum atomic E-state index is 9.87. The molecule has 120 valence electrons. The number of hydrogen-bond acceptors (Lipinski definition) is 4. The summed E-state index contributed by atoms with van der Waals surface area (Å²) in [6.07, 6.45) is 1.72. The molecule has 0 bridgehead atoms. The second kappa shape index (κ2) is 10.6. The predicted molar refractivity (Wildman–Crippen MR) is 87.0 cm³/mol. The van der Waals surface area contributed by atoms with Gasteiger partial charge >= 0.3 is 0 Å². The monoisotopic (exact) mass is 295 g/mol. The number of rotatable bonds is 11. The fourth-order valence-electron chi connectivity index (χ4n) is 1.98. The first kappa shape index (κ1) is 18.0. The minimum Gasteiger partial charge on any atom is -0.389 e. The van der Waals surface area contributed by atoms with E-state index in [0.29, 0.717) is 26.4 Å². The van der Waals surface area contributed by atoms with Gasteiger partial charge in [0.05, 0.1) is 25.9 Å². The quantitative estimate of drug-likeness (QED) is 0.616. The highest BCUT2D eigenvalue weighted by atomic mass is 16.5. The van der Waals surface area contributed by atoms with Crippen LogP contribution < -0.4 is 5.32 Å². The molecule has 0 radical (unpaired) electrons. The number of hydrogen-bond donors (Lipinski definition) is 2. The van der Waals surface area contributed by atoms with Crippen LogP contribution >= 0.6 is 0 Å². The fourth-order valence-corrected chi connectivity index (χ4v) is 1.98. The lowest BCUT2D eigenvalue weighted by atomic mass is 10.1. The van der Waals surface area contributed by atoms with Crippen LogP contribution in [0.3, 0.4) is 0 Å². The highest BCUT2D eigenvalue weighted by molar-refractivity contribution is 5.51. The van der Waals surface area contributed by atoms with Crippen LogP contribution in [0.25, 0.3) is 0 Å². The van der Waals surface area contributed by atoms with Gasteiger partial charge in [0.15, 0.2) is 0 Å². The van der Waals surface area contributed by atoms with Crippen LogP contribution in [-0.2, 0) is 9.47 Å². The summed E-state index contributed by atoms with van der Waals surface area (Å²) in [5.41, 5.74) is 3.49. The highest BCUT2D eigenvalue weighted by Gasteiger charge is 2.05. The Morgan fingerprint density at radius 2 is 1.90 bits per heavy atom. The third-order valence-corrected chi connectivity index (χ3v) is 3.23. The number of unbranched alkanes of at least 4 members (excludes halogenated alkanes) is 1. The Balaban J connectivity index is 2.09. The van der Waals surface area contributed by atoms with Crippen molar-refractivity contribution in [2.45, 2.75) is 39.7 Å². The van der Waals surface area contributed by atoms with Crippen LogP contribution in [0.1, 0.15) is 30.9 Å². The molecule has 21 heavy (non-hydrogen) atoms. The predicted octanol–water partition coefficient (Wildman–Crippen LogP) is 2.91. The molecule has 4 nitrogen and oxygen atoms in total. The normalized spacial score (nSPS) is 12.4. The van der Waals surface area contributed by atoms with E-state index in [-0.39, 0.29) is 0 Å². The van der Waals surface area contributed by atoms with Crippen molar-refractivity contribution in [3.8, 4) is 0 Å². The van der Waals surface area contributed by atoms with Crippen LogP contribution in [0.5, 0.6) is 0 Å². The Morgan fingerprint density at radius 3 is 2.62 bits per heavy atom. The van der Waals surface area contributed by atoms with Crippen molar-refractivity contribution < 1.29 is 14.6 Å². The van der Waals surface area contributed by atoms with Crippen molar-refractivity contribution in [2.24, 2.45) is 0 Å². The third kappa shape index (κ3) is 8.05. The molecule has 0 spiro atoms. The minimum absolute atomic E-state index is 0.328. The molecule has 1 rings (SSSR count). The SMILES string of the molecule is CCCCOCCOCC(O)CNc1ccc(C)cc1C. The molecular weight excluding hydrogens is 266 g/mol. The maximum absolute atomic E-state index is 9.87. The van der Waals surface area contributed by atoms with Gasteiger partial charge in [0.1, 0.15) is 0 Å². The number of aryl methyl sites for hydroxylation is 2. The second-order valence-electron chi connectivity index (χ2n) is 5.39. The van der Waals surface area contributed by atoms with Gasteiger partial charge in [-0.3, -0.25) is 0 Å². The standard InChI is InChI=1S/C17H29NO3/c1-4-5-8-20-9-10-21-13-16(19)12-18-17-7-6-14(2)11-15(17)3/h6-7,11,16,18-19H,4-5,8-10,12-13H2,1-3H3. The van der Waals surface area contributed by atoms with E-state index in [1.54, 1.807) is 0 Å². The molecule has 2 N–H and O–H groups in total. The number of nitrogens with one attached hydrogen (secondary N) is 1. The van der Waals surface area contributed by atoms with Crippen LogP contribution in [0, 0.1) is 13.8 Å². The molecule has 1 aromatic rings. The van der Waals surface area contributed by atoms with E-state index in [2.05, 4.69) is 38.2 Å². The largest absolute Gasteiger partial charge is 0.389 e.